The van der Waals surface area contributed by atoms with Crippen molar-refractivity contribution in [1.82, 2.24) is 9.62 Å². The van der Waals surface area contributed by atoms with E-state index in [2.05, 4.69) is 10.6 Å². The van der Waals surface area contributed by atoms with Crippen LogP contribution in [0.25, 0.3) is 0 Å². The Morgan fingerprint density at radius 3 is 2.15 bits per heavy atom. The van der Waals surface area contributed by atoms with Gasteiger partial charge in [-0.05, 0) is 42.0 Å². The molecular formula is C19H24ClN3O3S. The Kier molecular flexibility index (Phi) is 7.65. The first-order valence-electron chi connectivity index (χ1n) is 8.72. The van der Waals surface area contributed by atoms with Gasteiger partial charge in [-0.25, -0.2) is 8.42 Å². The van der Waals surface area contributed by atoms with Crippen molar-refractivity contribution in [3.63, 3.8) is 0 Å². The molecule has 6 nitrogen and oxygen atoms in total. The van der Waals surface area contributed by atoms with E-state index in [1.807, 2.05) is 12.1 Å². The van der Waals surface area contributed by atoms with E-state index in [1.165, 1.54) is 4.31 Å². The lowest BCUT2D eigenvalue weighted by Crippen LogP contribution is -2.30. The van der Waals surface area contributed by atoms with Crippen LogP contribution in [0.1, 0.15) is 19.4 Å². The van der Waals surface area contributed by atoms with Crippen LogP contribution in [0.5, 0.6) is 0 Å². The normalized spacial score (nSPS) is 11.4. The molecule has 0 saturated carbocycles. The number of hydrogen-bond donors (Lipinski definition) is 2. The number of hydrogen-bond acceptors (Lipinski definition) is 4. The SMILES string of the molecule is CCN(CC)S(=O)(=O)c1ccc(NCC(=O)NCc2ccc(Cl)cc2)cc1. The van der Waals surface area contributed by atoms with Crippen molar-refractivity contribution in [3.8, 4) is 0 Å². The van der Waals surface area contributed by atoms with Crippen molar-refractivity contribution in [2.24, 2.45) is 0 Å². The van der Waals surface area contributed by atoms with Crippen LogP contribution in [0, 0.1) is 0 Å². The molecule has 2 aromatic rings. The highest BCUT2D eigenvalue weighted by Gasteiger charge is 2.21. The van der Waals surface area contributed by atoms with E-state index in [-0.39, 0.29) is 17.3 Å². The Labute approximate surface area is 165 Å². The minimum Gasteiger partial charge on any atom is -0.376 e. The van der Waals surface area contributed by atoms with Gasteiger partial charge in [-0.3, -0.25) is 4.79 Å². The summed E-state index contributed by atoms with van der Waals surface area (Å²) in [5.74, 6) is -0.162. The monoisotopic (exact) mass is 409 g/mol. The standard InChI is InChI=1S/C19H24ClN3O3S/c1-3-23(4-2)27(25,26)18-11-9-17(10-12-18)21-14-19(24)22-13-15-5-7-16(20)8-6-15/h5-12,21H,3-4,13-14H2,1-2H3,(H,22,24). The van der Waals surface area contributed by atoms with Gasteiger partial charge in [-0.1, -0.05) is 37.6 Å². The largest absolute Gasteiger partial charge is 0.376 e. The number of carbonyl (C=O) groups excluding carboxylic acids is 1. The van der Waals surface area contributed by atoms with Crippen molar-refractivity contribution in [3.05, 3.63) is 59.1 Å². The zero-order valence-electron chi connectivity index (χ0n) is 15.4. The Morgan fingerprint density at radius 2 is 1.59 bits per heavy atom. The average Bonchev–Trinajstić information content (AvgIpc) is 2.67. The molecular weight excluding hydrogens is 386 g/mol. The second-order valence-corrected chi connectivity index (χ2v) is 8.24. The maximum Gasteiger partial charge on any atom is 0.243 e. The third-order valence-corrected chi connectivity index (χ3v) is 6.37. The molecule has 2 N–H and O–H groups in total. The quantitative estimate of drug-likeness (QED) is 0.667. The van der Waals surface area contributed by atoms with E-state index in [9.17, 15) is 13.2 Å². The first-order chi connectivity index (χ1) is 12.9. The van der Waals surface area contributed by atoms with Crippen molar-refractivity contribution >= 4 is 33.2 Å². The van der Waals surface area contributed by atoms with E-state index in [4.69, 9.17) is 11.6 Å². The van der Waals surface area contributed by atoms with E-state index in [0.29, 0.717) is 30.3 Å². The molecule has 1 amide bonds. The summed E-state index contributed by atoms with van der Waals surface area (Å²) in [5.41, 5.74) is 1.63. The zero-order valence-corrected chi connectivity index (χ0v) is 17.0. The third-order valence-electron chi connectivity index (χ3n) is 4.05. The van der Waals surface area contributed by atoms with Crippen LogP contribution in [0.4, 0.5) is 5.69 Å². The molecule has 2 aromatic carbocycles. The molecule has 0 unspecified atom stereocenters. The lowest BCUT2D eigenvalue weighted by molar-refractivity contribution is -0.119. The number of halogens is 1. The minimum atomic E-state index is -3.47. The number of sulfonamides is 1. The van der Waals surface area contributed by atoms with Crippen LogP contribution in [0.15, 0.2) is 53.4 Å². The molecule has 146 valence electrons. The summed E-state index contributed by atoms with van der Waals surface area (Å²) in [6.45, 7) is 4.97. The van der Waals surface area contributed by atoms with Crippen LogP contribution < -0.4 is 10.6 Å². The van der Waals surface area contributed by atoms with Gasteiger partial charge in [0, 0.05) is 30.3 Å². The second kappa shape index (κ2) is 9.73. The highest BCUT2D eigenvalue weighted by Crippen LogP contribution is 2.18. The molecule has 0 aliphatic heterocycles. The van der Waals surface area contributed by atoms with Crippen molar-refractivity contribution < 1.29 is 13.2 Å². The third kappa shape index (κ3) is 5.95. The summed E-state index contributed by atoms with van der Waals surface area (Å²) in [6.07, 6.45) is 0. The smallest absolute Gasteiger partial charge is 0.243 e. The Hall–Kier alpha value is -2.09. The fourth-order valence-corrected chi connectivity index (χ4v) is 4.09. The molecule has 27 heavy (non-hydrogen) atoms. The summed E-state index contributed by atoms with van der Waals surface area (Å²) in [4.78, 5) is 12.2. The van der Waals surface area contributed by atoms with Gasteiger partial charge < -0.3 is 10.6 Å². The molecule has 0 radical (unpaired) electrons. The van der Waals surface area contributed by atoms with Gasteiger partial charge in [0.1, 0.15) is 0 Å². The highest BCUT2D eigenvalue weighted by atomic mass is 35.5. The number of rotatable bonds is 9. The fourth-order valence-electron chi connectivity index (χ4n) is 2.51. The summed E-state index contributed by atoms with van der Waals surface area (Å²) in [7, 11) is -3.47. The Bertz CT molecular complexity index is 849. The predicted octanol–water partition coefficient (Wildman–Crippen LogP) is 3.10. The summed E-state index contributed by atoms with van der Waals surface area (Å²) in [5, 5.41) is 6.44. The molecule has 0 fully saturated rings. The van der Waals surface area contributed by atoms with Gasteiger partial charge in [0.2, 0.25) is 15.9 Å². The topological polar surface area (TPSA) is 78.5 Å². The lowest BCUT2D eigenvalue weighted by Gasteiger charge is -2.18. The van der Waals surface area contributed by atoms with Crippen LogP contribution in [-0.2, 0) is 21.4 Å². The Balaban J connectivity index is 1.87. The molecule has 0 atom stereocenters. The number of anilines is 1. The highest BCUT2D eigenvalue weighted by molar-refractivity contribution is 7.89. The first kappa shape index (κ1) is 21.2. The van der Waals surface area contributed by atoms with Crippen molar-refractivity contribution in [2.45, 2.75) is 25.3 Å². The molecule has 8 heteroatoms. The van der Waals surface area contributed by atoms with E-state index in [0.717, 1.165) is 5.56 Å². The number of carbonyl (C=O) groups is 1. The summed E-state index contributed by atoms with van der Waals surface area (Å²) < 4.78 is 26.3. The van der Waals surface area contributed by atoms with E-state index < -0.39 is 10.0 Å². The molecule has 0 saturated heterocycles. The summed E-state index contributed by atoms with van der Waals surface area (Å²) in [6, 6.07) is 13.6. The maximum absolute atomic E-state index is 12.4. The lowest BCUT2D eigenvalue weighted by atomic mass is 10.2. The summed E-state index contributed by atoms with van der Waals surface area (Å²) >= 11 is 5.83. The van der Waals surface area contributed by atoms with Crippen molar-refractivity contribution in [1.29, 1.82) is 0 Å². The van der Waals surface area contributed by atoms with E-state index >= 15 is 0 Å². The van der Waals surface area contributed by atoms with Crippen LogP contribution in [-0.4, -0.2) is 38.3 Å². The van der Waals surface area contributed by atoms with Crippen molar-refractivity contribution in [2.75, 3.05) is 25.0 Å². The first-order valence-corrected chi connectivity index (χ1v) is 10.5. The number of nitrogens with zero attached hydrogens (tertiary/aromatic N) is 1. The van der Waals surface area contributed by atoms with Gasteiger partial charge in [0.05, 0.1) is 11.4 Å². The van der Waals surface area contributed by atoms with Gasteiger partial charge in [-0.2, -0.15) is 4.31 Å². The molecule has 0 bridgehead atoms. The average molecular weight is 410 g/mol. The second-order valence-electron chi connectivity index (χ2n) is 5.87. The van der Waals surface area contributed by atoms with Gasteiger partial charge in [-0.15, -0.1) is 0 Å². The van der Waals surface area contributed by atoms with E-state index in [1.54, 1.807) is 50.2 Å². The zero-order chi connectivity index (χ0) is 19.9. The van der Waals surface area contributed by atoms with Crippen LogP contribution in [0.2, 0.25) is 5.02 Å². The maximum atomic E-state index is 12.4. The number of nitrogens with one attached hydrogen (secondary N) is 2. The molecule has 2 rings (SSSR count). The predicted molar refractivity (Wildman–Crippen MR) is 108 cm³/mol. The molecule has 0 spiro atoms. The van der Waals surface area contributed by atoms with Gasteiger partial charge in [0.15, 0.2) is 0 Å². The minimum absolute atomic E-state index is 0.0930. The van der Waals surface area contributed by atoms with Gasteiger partial charge in [0.25, 0.3) is 0 Å². The van der Waals surface area contributed by atoms with Crippen LogP contribution in [0.3, 0.4) is 0 Å². The van der Waals surface area contributed by atoms with Gasteiger partial charge >= 0.3 is 0 Å². The number of benzene rings is 2. The molecule has 0 aliphatic carbocycles. The molecule has 0 aliphatic rings. The Morgan fingerprint density at radius 1 is 1.00 bits per heavy atom. The molecule has 0 aromatic heterocycles. The number of amides is 1. The fraction of sp³-hybridized carbons (Fsp3) is 0.316. The molecule has 0 heterocycles. The van der Waals surface area contributed by atoms with Crippen LogP contribution >= 0.6 is 11.6 Å².